The Balaban J connectivity index is 2.05. The van der Waals surface area contributed by atoms with Crippen molar-refractivity contribution in [2.24, 2.45) is 0 Å². The molecule has 1 aromatic rings. The number of benzene rings is 1. The van der Waals surface area contributed by atoms with E-state index in [1.54, 1.807) is 7.11 Å². The maximum atomic E-state index is 5.13. The van der Waals surface area contributed by atoms with E-state index < -0.39 is 0 Å². The number of ether oxygens (including phenoxy) is 1. The Kier molecular flexibility index (Phi) is 7.43. The Labute approximate surface area is 105 Å². The maximum absolute atomic E-state index is 5.13. The lowest BCUT2D eigenvalue weighted by atomic mass is 10.1. The third kappa shape index (κ3) is 6.29. The summed E-state index contributed by atoms with van der Waals surface area (Å²) in [5.41, 5.74) is 1.35. The maximum Gasteiger partial charge on any atom is 0.118 e. The summed E-state index contributed by atoms with van der Waals surface area (Å²) in [6.45, 7) is 6.41. The summed E-state index contributed by atoms with van der Waals surface area (Å²) < 4.78 is 5.13. The fraction of sp³-hybridized carbons (Fsp3) is 0.571. The molecule has 17 heavy (non-hydrogen) atoms. The Hall–Kier alpha value is -1.06. The zero-order valence-corrected chi connectivity index (χ0v) is 11.0. The van der Waals surface area contributed by atoms with Crippen molar-refractivity contribution in [2.75, 3.05) is 33.3 Å². The largest absolute Gasteiger partial charge is 0.497 e. The molecule has 0 heterocycles. The van der Waals surface area contributed by atoms with Crippen LogP contribution in [-0.2, 0) is 6.42 Å². The normalized spacial score (nSPS) is 10.5. The van der Waals surface area contributed by atoms with Gasteiger partial charge in [0.05, 0.1) is 7.11 Å². The molecule has 0 aliphatic carbocycles. The zero-order valence-electron chi connectivity index (χ0n) is 11.0. The molecule has 0 atom stereocenters. The molecule has 0 spiro atoms. The summed E-state index contributed by atoms with van der Waals surface area (Å²) in [6, 6.07) is 8.27. The first-order valence-electron chi connectivity index (χ1n) is 6.41. The number of rotatable bonds is 9. The van der Waals surface area contributed by atoms with Crippen LogP contribution in [0.2, 0.25) is 0 Å². The Morgan fingerprint density at radius 2 is 1.59 bits per heavy atom. The van der Waals surface area contributed by atoms with E-state index >= 15 is 0 Å². The van der Waals surface area contributed by atoms with Gasteiger partial charge in [-0.15, -0.1) is 0 Å². The van der Waals surface area contributed by atoms with Crippen molar-refractivity contribution in [3.63, 3.8) is 0 Å². The third-order valence-electron chi connectivity index (χ3n) is 2.65. The molecule has 0 fully saturated rings. The van der Waals surface area contributed by atoms with Crippen molar-refractivity contribution < 1.29 is 4.74 Å². The minimum atomic E-state index is 0.922. The Morgan fingerprint density at radius 1 is 0.941 bits per heavy atom. The molecule has 0 bridgehead atoms. The SMILES string of the molecule is CCCNCCNCCc1ccc(OC)cc1. The molecule has 0 aromatic heterocycles. The van der Waals surface area contributed by atoms with Gasteiger partial charge < -0.3 is 15.4 Å². The van der Waals surface area contributed by atoms with Crippen LogP contribution in [0, 0.1) is 0 Å². The van der Waals surface area contributed by atoms with Gasteiger partial charge in [0.1, 0.15) is 5.75 Å². The number of methoxy groups -OCH3 is 1. The molecule has 0 unspecified atom stereocenters. The Bertz CT molecular complexity index is 285. The average molecular weight is 236 g/mol. The molecule has 0 saturated heterocycles. The van der Waals surface area contributed by atoms with Crippen LogP contribution in [0.4, 0.5) is 0 Å². The second-order valence-corrected chi connectivity index (χ2v) is 4.10. The van der Waals surface area contributed by atoms with Gasteiger partial charge in [-0.3, -0.25) is 0 Å². The van der Waals surface area contributed by atoms with Gasteiger partial charge in [0.2, 0.25) is 0 Å². The molecular weight excluding hydrogens is 212 g/mol. The third-order valence-corrected chi connectivity index (χ3v) is 2.65. The van der Waals surface area contributed by atoms with Crippen molar-refractivity contribution in [2.45, 2.75) is 19.8 Å². The second kappa shape index (κ2) is 9.02. The van der Waals surface area contributed by atoms with Crippen molar-refractivity contribution in [1.29, 1.82) is 0 Å². The first kappa shape index (κ1) is 14.0. The predicted octanol–water partition coefficient (Wildman–Crippen LogP) is 1.83. The van der Waals surface area contributed by atoms with Crippen LogP contribution in [-0.4, -0.2) is 33.3 Å². The summed E-state index contributed by atoms with van der Waals surface area (Å²) in [4.78, 5) is 0. The molecule has 0 aliphatic rings. The smallest absolute Gasteiger partial charge is 0.118 e. The molecule has 0 amide bonds. The lowest BCUT2D eigenvalue weighted by molar-refractivity contribution is 0.414. The summed E-state index contributed by atoms with van der Waals surface area (Å²) >= 11 is 0. The van der Waals surface area contributed by atoms with Gasteiger partial charge in [-0.2, -0.15) is 0 Å². The van der Waals surface area contributed by atoms with Gasteiger partial charge in [0.15, 0.2) is 0 Å². The lowest BCUT2D eigenvalue weighted by Crippen LogP contribution is -2.29. The molecule has 0 aliphatic heterocycles. The number of hydrogen-bond donors (Lipinski definition) is 2. The average Bonchev–Trinajstić information content (AvgIpc) is 2.38. The summed E-state index contributed by atoms with van der Waals surface area (Å²) in [5.74, 6) is 0.922. The van der Waals surface area contributed by atoms with Gasteiger partial charge in [-0.1, -0.05) is 19.1 Å². The molecule has 2 N–H and O–H groups in total. The molecule has 1 rings (SSSR count). The monoisotopic (exact) mass is 236 g/mol. The Morgan fingerprint density at radius 3 is 2.18 bits per heavy atom. The van der Waals surface area contributed by atoms with E-state index in [2.05, 4.69) is 29.7 Å². The summed E-state index contributed by atoms with van der Waals surface area (Å²) in [7, 11) is 1.69. The van der Waals surface area contributed by atoms with E-state index in [0.29, 0.717) is 0 Å². The minimum Gasteiger partial charge on any atom is -0.497 e. The summed E-state index contributed by atoms with van der Waals surface area (Å²) in [6.07, 6.45) is 2.27. The molecular formula is C14H24N2O. The van der Waals surface area contributed by atoms with E-state index in [9.17, 15) is 0 Å². The minimum absolute atomic E-state index is 0.922. The molecule has 3 heteroatoms. The highest BCUT2D eigenvalue weighted by molar-refractivity contribution is 5.27. The van der Waals surface area contributed by atoms with E-state index in [1.165, 1.54) is 12.0 Å². The molecule has 0 saturated carbocycles. The van der Waals surface area contributed by atoms with Crippen LogP contribution in [0.5, 0.6) is 5.75 Å². The van der Waals surface area contributed by atoms with Crippen LogP contribution in [0.25, 0.3) is 0 Å². The molecule has 0 radical (unpaired) electrons. The quantitative estimate of drug-likeness (QED) is 0.642. The molecule has 3 nitrogen and oxygen atoms in total. The van der Waals surface area contributed by atoms with Crippen molar-refractivity contribution in [3.05, 3.63) is 29.8 Å². The first-order valence-corrected chi connectivity index (χ1v) is 6.41. The van der Waals surface area contributed by atoms with Gasteiger partial charge in [-0.25, -0.2) is 0 Å². The van der Waals surface area contributed by atoms with Crippen LogP contribution in [0.3, 0.4) is 0 Å². The molecule has 1 aromatic carbocycles. The highest BCUT2D eigenvalue weighted by Crippen LogP contribution is 2.11. The van der Waals surface area contributed by atoms with Gasteiger partial charge in [0, 0.05) is 13.1 Å². The van der Waals surface area contributed by atoms with Crippen molar-refractivity contribution >= 4 is 0 Å². The van der Waals surface area contributed by atoms with Crippen LogP contribution in [0.1, 0.15) is 18.9 Å². The van der Waals surface area contributed by atoms with Crippen LogP contribution < -0.4 is 15.4 Å². The predicted molar refractivity (Wildman–Crippen MR) is 72.7 cm³/mol. The van der Waals surface area contributed by atoms with Gasteiger partial charge in [0.25, 0.3) is 0 Å². The zero-order chi connectivity index (χ0) is 12.3. The highest BCUT2D eigenvalue weighted by Gasteiger charge is 1.94. The van der Waals surface area contributed by atoms with Crippen molar-refractivity contribution in [1.82, 2.24) is 10.6 Å². The lowest BCUT2D eigenvalue weighted by Gasteiger charge is -2.06. The number of nitrogens with one attached hydrogen (secondary N) is 2. The van der Waals surface area contributed by atoms with E-state index in [4.69, 9.17) is 4.74 Å². The van der Waals surface area contributed by atoms with Crippen LogP contribution in [0.15, 0.2) is 24.3 Å². The standard InChI is InChI=1S/C14H24N2O/c1-3-9-15-11-12-16-10-8-13-4-6-14(17-2)7-5-13/h4-7,15-16H,3,8-12H2,1-2H3. The first-order chi connectivity index (χ1) is 8.36. The number of hydrogen-bond acceptors (Lipinski definition) is 3. The van der Waals surface area contributed by atoms with E-state index in [1.807, 2.05) is 12.1 Å². The fourth-order valence-electron chi connectivity index (χ4n) is 1.63. The van der Waals surface area contributed by atoms with E-state index in [0.717, 1.165) is 38.3 Å². The van der Waals surface area contributed by atoms with Gasteiger partial charge in [-0.05, 0) is 43.6 Å². The van der Waals surface area contributed by atoms with Gasteiger partial charge >= 0.3 is 0 Å². The summed E-state index contributed by atoms with van der Waals surface area (Å²) in [5, 5.41) is 6.80. The fourth-order valence-corrected chi connectivity index (χ4v) is 1.63. The topological polar surface area (TPSA) is 33.3 Å². The molecule has 96 valence electrons. The highest BCUT2D eigenvalue weighted by atomic mass is 16.5. The van der Waals surface area contributed by atoms with E-state index in [-0.39, 0.29) is 0 Å². The second-order valence-electron chi connectivity index (χ2n) is 4.10. The van der Waals surface area contributed by atoms with Crippen molar-refractivity contribution in [3.8, 4) is 5.75 Å². The van der Waals surface area contributed by atoms with Crippen LogP contribution >= 0.6 is 0 Å².